The number of aromatic nitrogens is 1. The van der Waals surface area contributed by atoms with Crippen molar-refractivity contribution in [2.75, 3.05) is 0 Å². The van der Waals surface area contributed by atoms with Crippen LogP contribution >= 0.6 is 0 Å². The number of allylic oxidation sites excluding steroid dienone is 4. The number of hydrogen-bond acceptors (Lipinski definition) is 1. The lowest BCUT2D eigenvalue weighted by Crippen LogP contribution is -2.13. The molecule has 1 aromatic rings. The van der Waals surface area contributed by atoms with Gasteiger partial charge < -0.3 is 0 Å². The maximum Gasteiger partial charge on any atom is 0.0478 e. The standard InChI is InChI=1S/C16H21N/c1-12-11-13(16(2,3)4)8-9-14(12)15-7-5-6-10-17-15/h5-8,10-11,14H,9H2,1-4H3. The molecule has 1 nitrogen and oxygen atoms in total. The van der Waals surface area contributed by atoms with Crippen molar-refractivity contribution in [3.63, 3.8) is 0 Å². The monoisotopic (exact) mass is 227 g/mol. The van der Waals surface area contributed by atoms with Gasteiger partial charge in [-0.1, -0.05) is 44.6 Å². The van der Waals surface area contributed by atoms with Crippen LogP contribution in [0.2, 0.25) is 0 Å². The van der Waals surface area contributed by atoms with Gasteiger partial charge in [0.05, 0.1) is 0 Å². The van der Waals surface area contributed by atoms with Gasteiger partial charge in [-0.2, -0.15) is 0 Å². The summed E-state index contributed by atoms with van der Waals surface area (Å²) in [5, 5.41) is 0. The van der Waals surface area contributed by atoms with Crippen molar-refractivity contribution < 1.29 is 0 Å². The van der Waals surface area contributed by atoms with Gasteiger partial charge >= 0.3 is 0 Å². The lowest BCUT2D eigenvalue weighted by molar-refractivity contribution is 0.507. The maximum atomic E-state index is 4.47. The fourth-order valence-corrected chi connectivity index (χ4v) is 2.29. The molecule has 1 aliphatic rings. The summed E-state index contributed by atoms with van der Waals surface area (Å²) in [6.45, 7) is 9.02. The third-order valence-corrected chi connectivity index (χ3v) is 3.42. The van der Waals surface area contributed by atoms with E-state index in [1.165, 1.54) is 16.8 Å². The number of pyridine rings is 1. The van der Waals surface area contributed by atoms with E-state index in [9.17, 15) is 0 Å². The highest BCUT2D eigenvalue weighted by atomic mass is 14.7. The van der Waals surface area contributed by atoms with Crippen molar-refractivity contribution in [2.45, 2.75) is 40.0 Å². The first-order chi connectivity index (χ1) is 7.98. The van der Waals surface area contributed by atoms with Crippen LogP contribution in [0.15, 0.2) is 47.7 Å². The van der Waals surface area contributed by atoms with Crippen molar-refractivity contribution in [3.05, 3.63) is 53.4 Å². The van der Waals surface area contributed by atoms with Crippen LogP contribution in [0, 0.1) is 5.41 Å². The fourth-order valence-electron chi connectivity index (χ4n) is 2.29. The summed E-state index contributed by atoms with van der Waals surface area (Å²) < 4.78 is 0. The lowest BCUT2D eigenvalue weighted by atomic mass is 9.78. The van der Waals surface area contributed by atoms with E-state index >= 15 is 0 Å². The molecular formula is C16H21N. The topological polar surface area (TPSA) is 12.9 Å². The van der Waals surface area contributed by atoms with Gasteiger partial charge in [-0.25, -0.2) is 0 Å². The van der Waals surface area contributed by atoms with Crippen LogP contribution in [0.4, 0.5) is 0 Å². The molecule has 0 aliphatic heterocycles. The summed E-state index contributed by atoms with van der Waals surface area (Å²) in [6, 6.07) is 6.17. The number of nitrogens with zero attached hydrogens (tertiary/aromatic N) is 1. The minimum atomic E-state index is 0.246. The highest BCUT2D eigenvalue weighted by molar-refractivity contribution is 5.37. The Morgan fingerprint density at radius 2 is 2.00 bits per heavy atom. The van der Waals surface area contributed by atoms with Crippen LogP contribution in [-0.2, 0) is 0 Å². The first-order valence-corrected chi connectivity index (χ1v) is 6.28. The predicted octanol–water partition coefficient (Wildman–Crippen LogP) is 4.49. The van der Waals surface area contributed by atoms with E-state index in [2.05, 4.69) is 57.0 Å². The van der Waals surface area contributed by atoms with Crippen molar-refractivity contribution in [1.82, 2.24) is 4.98 Å². The molecule has 0 spiro atoms. The molecule has 0 N–H and O–H groups in total. The summed E-state index contributed by atoms with van der Waals surface area (Å²) in [5.41, 5.74) is 4.31. The van der Waals surface area contributed by atoms with Gasteiger partial charge in [0.25, 0.3) is 0 Å². The Bertz CT molecular complexity index is 446. The molecule has 90 valence electrons. The average Bonchev–Trinajstić information content (AvgIpc) is 2.29. The van der Waals surface area contributed by atoms with E-state index in [0.29, 0.717) is 5.92 Å². The highest BCUT2D eigenvalue weighted by Crippen LogP contribution is 2.37. The zero-order valence-corrected chi connectivity index (χ0v) is 11.2. The summed E-state index contributed by atoms with van der Waals surface area (Å²) in [6.07, 6.45) is 7.66. The average molecular weight is 227 g/mol. The largest absolute Gasteiger partial charge is 0.261 e. The molecule has 0 aromatic carbocycles. The first-order valence-electron chi connectivity index (χ1n) is 6.28. The van der Waals surface area contributed by atoms with Crippen LogP contribution < -0.4 is 0 Å². The van der Waals surface area contributed by atoms with Crippen molar-refractivity contribution >= 4 is 0 Å². The van der Waals surface area contributed by atoms with Crippen LogP contribution in [0.3, 0.4) is 0 Å². The van der Waals surface area contributed by atoms with Crippen molar-refractivity contribution in [2.24, 2.45) is 5.41 Å². The molecule has 1 heterocycles. The molecule has 0 saturated heterocycles. The summed E-state index contributed by atoms with van der Waals surface area (Å²) >= 11 is 0. The zero-order valence-electron chi connectivity index (χ0n) is 11.2. The van der Waals surface area contributed by atoms with Crippen molar-refractivity contribution in [3.8, 4) is 0 Å². The van der Waals surface area contributed by atoms with E-state index in [1.807, 2.05) is 12.3 Å². The van der Waals surface area contributed by atoms with E-state index < -0.39 is 0 Å². The van der Waals surface area contributed by atoms with Crippen LogP contribution in [0.1, 0.15) is 45.7 Å². The maximum absolute atomic E-state index is 4.47. The molecule has 1 aromatic heterocycles. The Hall–Kier alpha value is -1.37. The Morgan fingerprint density at radius 1 is 1.24 bits per heavy atom. The van der Waals surface area contributed by atoms with Crippen LogP contribution in [-0.4, -0.2) is 4.98 Å². The Labute approximate surface area is 104 Å². The Kier molecular flexibility index (Phi) is 3.19. The normalized spacial score (nSPS) is 20.8. The predicted molar refractivity (Wildman–Crippen MR) is 72.9 cm³/mol. The van der Waals surface area contributed by atoms with E-state index in [-0.39, 0.29) is 5.41 Å². The van der Waals surface area contributed by atoms with Gasteiger partial charge in [0.1, 0.15) is 0 Å². The molecule has 0 saturated carbocycles. The molecule has 0 radical (unpaired) electrons. The van der Waals surface area contributed by atoms with Crippen molar-refractivity contribution in [1.29, 1.82) is 0 Å². The van der Waals surface area contributed by atoms with Gasteiger partial charge in [-0.05, 0) is 36.5 Å². The summed E-state index contributed by atoms with van der Waals surface area (Å²) in [4.78, 5) is 4.47. The van der Waals surface area contributed by atoms with Crippen LogP contribution in [0.5, 0.6) is 0 Å². The van der Waals surface area contributed by atoms with Crippen LogP contribution in [0.25, 0.3) is 0 Å². The molecule has 17 heavy (non-hydrogen) atoms. The van der Waals surface area contributed by atoms with E-state index in [0.717, 1.165) is 6.42 Å². The zero-order chi connectivity index (χ0) is 12.5. The molecule has 1 unspecified atom stereocenters. The molecule has 0 fully saturated rings. The van der Waals surface area contributed by atoms with Gasteiger partial charge in [0, 0.05) is 17.8 Å². The smallest absolute Gasteiger partial charge is 0.0478 e. The molecular weight excluding hydrogens is 206 g/mol. The number of hydrogen-bond donors (Lipinski definition) is 0. The first kappa shape index (κ1) is 12.1. The molecule has 1 aliphatic carbocycles. The SMILES string of the molecule is CC1=CC(C(C)(C)C)=CCC1c1ccccn1. The second kappa shape index (κ2) is 4.48. The summed E-state index contributed by atoms with van der Waals surface area (Å²) in [7, 11) is 0. The Balaban J connectivity index is 2.24. The minimum Gasteiger partial charge on any atom is -0.261 e. The molecule has 1 atom stereocenters. The highest BCUT2D eigenvalue weighted by Gasteiger charge is 2.22. The molecule has 1 heteroatoms. The summed E-state index contributed by atoms with van der Waals surface area (Å²) in [5.74, 6) is 0.460. The third-order valence-electron chi connectivity index (χ3n) is 3.42. The van der Waals surface area contributed by atoms with E-state index in [4.69, 9.17) is 0 Å². The minimum absolute atomic E-state index is 0.246. The quantitative estimate of drug-likeness (QED) is 0.689. The lowest BCUT2D eigenvalue weighted by Gasteiger charge is -2.27. The second-order valence-electron chi connectivity index (χ2n) is 5.84. The van der Waals surface area contributed by atoms with Gasteiger partial charge in [0.15, 0.2) is 0 Å². The van der Waals surface area contributed by atoms with Gasteiger partial charge in [0.2, 0.25) is 0 Å². The van der Waals surface area contributed by atoms with Gasteiger partial charge in [-0.15, -0.1) is 0 Å². The fraction of sp³-hybridized carbons (Fsp3) is 0.438. The number of rotatable bonds is 1. The molecule has 0 bridgehead atoms. The Morgan fingerprint density at radius 3 is 2.53 bits per heavy atom. The second-order valence-corrected chi connectivity index (χ2v) is 5.84. The molecule has 2 rings (SSSR count). The van der Waals surface area contributed by atoms with Gasteiger partial charge in [-0.3, -0.25) is 4.98 Å². The van der Waals surface area contributed by atoms with E-state index in [1.54, 1.807) is 0 Å². The third kappa shape index (κ3) is 2.66. The molecule has 0 amide bonds.